The molecule has 1 fully saturated rings. The van der Waals surface area contributed by atoms with E-state index in [-0.39, 0.29) is 5.66 Å². The highest BCUT2D eigenvalue weighted by Crippen LogP contribution is 2.53. The fourth-order valence-electron chi connectivity index (χ4n) is 3.13. The minimum Gasteiger partial charge on any atom is -0.411 e. The molecule has 0 amide bonds. The van der Waals surface area contributed by atoms with E-state index < -0.39 is 6.04 Å². The summed E-state index contributed by atoms with van der Waals surface area (Å²) in [7, 11) is 0. The van der Waals surface area contributed by atoms with E-state index in [1.807, 2.05) is 36.4 Å². The number of hydrogen-bond acceptors (Lipinski definition) is 3. The van der Waals surface area contributed by atoms with Gasteiger partial charge in [0.25, 0.3) is 0 Å². The second kappa shape index (κ2) is 6.13. The zero-order valence-electron chi connectivity index (χ0n) is 11.7. The van der Waals surface area contributed by atoms with Gasteiger partial charge in [-0.1, -0.05) is 77.6 Å². The Morgan fingerprint density at radius 3 is 1.95 bits per heavy atom. The summed E-state index contributed by atoms with van der Waals surface area (Å²) in [6.07, 6.45) is 2.93. The van der Waals surface area contributed by atoms with Crippen LogP contribution in [0.3, 0.4) is 0 Å². The lowest BCUT2D eigenvalue weighted by molar-refractivity contribution is 0.317. The molecule has 1 atom stereocenters. The average Bonchev–Trinajstić information content (AvgIpc) is 3.05. The maximum absolute atomic E-state index is 9.35. The van der Waals surface area contributed by atoms with Crippen LogP contribution in [0, 0.1) is 0 Å². The zero-order chi connectivity index (χ0) is 14.7. The Hall–Kier alpha value is -1.44. The van der Waals surface area contributed by atoms with Crippen LogP contribution < -0.4 is 10.6 Å². The maximum Gasteiger partial charge on any atom is 0.0658 e. The summed E-state index contributed by atoms with van der Waals surface area (Å²) < 4.78 is 0. The maximum atomic E-state index is 9.35. The topological polar surface area (TPSA) is 32.6 Å². The zero-order valence-corrected chi connectivity index (χ0v) is 13.4. The van der Waals surface area contributed by atoms with Crippen molar-refractivity contribution in [2.75, 3.05) is 0 Å². The summed E-state index contributed by atoms with van der Waals surface area (Å²) in [4.78, 5) is 0. The van der Waals surface area contributed by atoms with Gasteiger partial charge in [-0.2, -0.15) is 0 Å². The highest BCUT2D eigenvalue weighted by molar-refractivity contribution is 8.22. The molecule has 0 bridgehead atoms. The smallest absolute Gasteiger partial charge is 0.0658 e. The van der Waals surface area contributed by atoms with Gasteiger partial charge in [-0.25, -0.2) is 0 Å². The van der Waals surface area contributed by atoms with Crippen molar-refractivity contribution in [3.63, 3.8) is 0 Å². The molecule has 0 spiro atoms. The van der Waals surface area contributed by atoms with Gasteiger partial charge in [0, 0.05) is 11.7 Å². The second-order valence-corrected chi connectivity index (χ2v) is 10.0. The Bertz CT molecular complexity index is 641. The van der Waals surface area contributed by atoms with Gasteiger partial charge in [0.15, 0.2) is 0 Å². The Balaban J connectivity index is 2.19. The van der Waals surface area contributed by atoms with Crippen LogP contribution in [0.4, 0.5) is 0 Å². The number of nitrogens with zero attached hydrogens (tertiary/aromatic N) is 1. The first-order chi connectivity index (χ1) is 10.3. The van der Waals surface area contributed by atoms with Crippen molar-refractivity contribution in [3.8, 4) is 0 Å². The largest absolute Gasteiger partial charge is 0.411 e. The van der Waals surface area contributed by atoms with Crippen LogP contribution in [0.5, 0.6) is 0 Å². The Morgan fingerprint density at radius 2 is 1.48 bits per heavy atom. The lowest BCUT2D eigenvalue weighted by Gasteiger charge is -2.29. The van der Waals surface area contributed by atoms with E-state index in [0.29, 0.717) is 0 Å². The van der Waals surface area contributed by atoms with Crippen LogP contribution in [0.1, 0.15) is 19.3 Å². The molecule has 2 nitrogen and oxygen atoms in total. The molecule has 1 saturated carbocycles. The average molecular weight is 315 g/mol. The summed E-state index contributed by atoms with van der Waals surface area (Å²) in [6, 6.07) is 18.7. The molecule has 2 aromatic rings. The lowest BCUT2D eigenvalue weighted by atomic mass is 10.3. The summed E-state index contributed by atoms with van der Waals surface area (Å²) in [5.41, 5.74) is 1.06. The number of rotatable bonds is 3. The first kappa shape index (κ1) is 14.5. The van der Waals surface area contributed by atoms with Gasteiger partial charge >= 0.3 is 0 Å². The highest BCUT2D eigenvalue weighted by atomic mass is 32.4. The van der Waals surface area contributed by atoms with Crippen LogP contribution in [0.15, 0.2) is 65.8 Å². The monoisotopic (exact) mass is 315 g/mol. The second-order valence-electron chi connectivity index (χ2n) is 5.33. The standard InChI is InChI=1S/C17H18NOPS/c19-18-16-12-7-13-17(16)20(21,14-8-3-1-4-9-14)15-10-5-2-6-11-15/h1-6,8-11,17,19H,7,12-13H2/b18-16+. The molecule has 0 heterocycles. The van der Waals surface area contributed by atoms with Crippen molar-refractivity contribution in [1.82, 2.24) is 0 Å². The molecular weight excluding hydrogens is 297 g/mol. The molecule has 0 aliphatic heterocycles. The van der Waals surface area contributed by atoms with E-state index in [9.17, 15) is 5.21 Å². The normalized spacial score (nSPS) is 20.8. The van der Waals surface area contributed by atoms with Gasteiger partial charge in [-0.05, 0) is 29.9 Å². The summed E-state index contributed by atoms with van der Waals surface area (Å²) in [5, 5.41) is 15.3. The third-order valence-electron chi connectivity index (χ3n) is 4.14. The van der Waals surface area contributed by atoms with Crippen molar-refractivity contribution >= 4 is 34.2 Å². The number of hydrogen-bond donors (Lipinski definition) is 1. The van der Waals surface area contributed by atoms with Crippen LogP contribution in [-0.2, 0) is 11.8 Å². The van der Waals surface area contributed by atoms with E-state index in [4.69, 9.17) is 11.8 Å². The molecule has 1 aliphatic carbocycles. The van der Waals surface area contributed by atoms with Gasteiger partial charge in [-0.15, -0.1) is 0 Å². The predicted molar refractivity (Wildman–Crippen MR) is 93.3 cm³/mol. The van der Waals surface area contributed by atoms with Crippen molar-refractivity contribution in [3.05, 3.63) is 60.7 Å². The molecule has 108 valence electrons. The molecule has 1 aliphatic rings. The highest BCUT2D eigenvalue weighted by Gasteiger charge is 2.38. The molecule has 2 aromatic carbocycles. The Morgan fingerprint density at radius 1 is 0.952 bits per heavy atom. The molecule has 21 heavy (non-hydrogen) atoms. The minimum atomic E-state index is -2.00. The van der Waals surface area contributed by atoms with Crippen LogP contribution >= 0.6 is 6.04 Å². The summed E-state index contributed by atoms with van der Waals surface area (Å²) in [6.45, 7) is 0. The van der Waals surface area contributed by atoms with E-state index in [1.54, 1.807) is 0 Å². The first-order valence-corrected chi connectivity index (χ1v) is 10.1. The lowest BCUT2D eigenvalue weighted by Crippen LogP contribution is -2.28. The SMILES string of the molecule is O/N=C1\CCCC1P(=S)(c1ccccc1)c1ccccc1. The molecular formula is C17H18NOPS. The fraction of sp³-hybridized carbons (Fsp3) is 0.235. The first-order valence-electron chi connectivity index (χ1n) is 7.18. The molecule has 0 saturated heterocycles. The molecule has 0 aromatic heterocycles. The van der Waals surface area contributed by atoms with Crippen LogP contribution in [-0.4, -0.2) is 16.6 Å². The Kier molecular flexibility index (Phi) is 4.23. The summed E-state index contributed by atoms with van der Waals surface area (Å²) in [5.74, 6) is 0. The van der Waals surface area contributed by atoms with Crippen LogP contribution in [0.25, 0.3) is 0 Å². The molecule has 3 rings (SSSR count). The van der Waals surface area contributed by atoms with Crippen molar-refractivity contribution in [2.24, 2.45) is 5.16 Å². The van der Waals surface area contributed by atoms with Gasteiger partial charge in [0.2, 0.25) is 0 Å². The van der Waals surface area contributed by atoms with Gasteiger partial charge < -0.3 is 5.21 Å². The predicted octanol–water partition coefficient (Wildman–Crippen LogP) is 3.50. The minimum absolute atomic E-state index is 0.183. The summed E-state index contributed by atoms with van der Waals surface area (Å²) >= 11 is 6.26. The van der Waals surface area contributed by atoms with E-state index in [2.05, 4.69) is 29.4 Å². The number of benzene rings is 2. The third kappa shape index (κ3) is 2.56. The van der Waals surface area contributed by atoms with Crippen LogP contribution in [0.2, 0.25) is 0 Å². The van der Waals surface area contributed by atoms with E-state index in [1.165, 1.54) is 10.6 Å². The number of oxime groups is 1. The molecule has 0 radical (unpaired) electrons. The van der Waals surface area contributed by atoms with Crippen molar-refractivity contribution in [1.29, 1.82) is 0 Å². The van der Waals surface area contributed by atoms with E-state index in [0.717, 1.165) is 25.0 Å². The van der Waals surface area contributed by atoms with Gasteiger partial charge in [-0.3, -0.25) is 0 Å². The molecule has 4 heteroatoms. The van der Waals surface area contributed by atoms with Gasteiger partial charge in [0.1, 0.15) is 0 Å². The fourth-order valence-corrected chi connectivity index (χ4v) is 7.93. The van der Waals surface area contributed by atoms with E-state index >= 15 is 0 Å². The van der Waals surface area contributed by atoms with Gasteiger partial charge in [0.05, 0.1) is 5.71 Å². The molecule has 1 unspecified atom stereocenters. The van der Waals surface area contributed by atoms with Crippen molar-refractivity contribution < 1.29 is 5.21 Å². The third-order valence-corrected chi connectivity index (χ3v) is 9.74. The Labute approximate surface area is 130 Å². The molecule has 1 N–H and O–H groups in total. The van der Waals surface area contributed by atoms with Crippen molar-refractivity contribution in [2.45, 2.75) is 24.9 Å². The quantitative estimate of drug-likeness (QED) is 0.534.